The number of benzene rings is 1. The second-order valence-corrected chi connectivity index (χ2v) is 7.55. The van der Waals surface area contributed by atoms with Gasteiger partial charge in [0.25, 0.3) is 0 Å². The van der Waals surface area contributed by atoms with Crippen molar-refractivity contribution in [2.75, 3.05) is 11.6 Å². The van der Waals surface area contributed by atoms with Crippen LogP contribution in [0, 0.1) is 5.92 Å². The summed E-state index contributed by atoms with van der Waals surface area (Å²) in [5.41, 5.74) is 0.546. The van der Waals surface area contributed by atoms with E-state index in [1.807, 2.05) is 0 Å². The van der Waals surface area contributed by atoms with Crippen LogP contribution >= 0.6 is 0 Å². The molecule has 0 atom stereocenters. The summed E-state index contributed by atoms with van der Waals surface area (Å²) in [7, 11) is -3.24. The van der Waals surface area contributed by atoms with Crippen LogP contribution in [0.2, 0.25) is 0 Å². The van der Waals surface area contributed by atoms with Crippen molar-refractivity contribution < 1.29 is 13.2 Å². The van der Waals surface area contributed by atoms with Gasteiger partial charge in [-0.1, -0.05) is 31.7 Å². The molecule has 1 amide bonds. The van der Waals surface area contributed by atoms with Crippen LogP contribution in [0.1, 0.15) is 38.5 Å². The van der Waals surface area contributed by atoms with Crippen molar-refractivity contribution in [3.05, 3.63) is 24.3 Å². The Hall–Kier alpha value is -1.36. The number of nitrogens with one attached hydrogen (secondary N) is 1. The molecule has 0 radical (unpaired) electrons. The number of amides is 1. The molecule has 0 unspecified atom stereocenters. The van der Waals surface area contributed by atoms with Crippen molar-refractivity contribution in [2.45, 2.75) is 43.4 Å². The average Bonchev–Trinajstić information content (AvgIpc) is 2.89. The Morgan fingerprint density at radius 2 is 2.00 bits per heavy atom. The van der Waals surface area contributed by atoms with Crippen LogP contribution in [0.15, 0.2) is 29.2 Å². The summed E-state index contributed by atoms with van der Waals surface area (Å²) in [5, 5.41) is 2.77. The van der Waals surface area contributed by atoms with E-state index in [0.717, 1.165) is 12.7 Å². The molecule has 0 saturated heterocycles. The van der Waals surface area contributed by atoms with Crippen LogP contribution in [-0.4, -0.2) is 20.6 Å². The molecule has 5 heteroatoms. The third-order valence-corrected chi connectivity index (χ3v) is 4.91. The maximum Gasteiger partial charge on any atom is 0.224 e. The fourth-order valence-corrected chi connectivity index (χ4v) is 3.33. The van der Waals surface area contributed by atoms with Gasteiger partial charge in [-0.3, -0.25) is 4.79 Å². The molecule has 0 aromatic heterocycles. The second kappa shape index (κ2) is 6.39. The number of sulfone groups is 1. The van der Waals surface area contributed by atoms with E-state index in [0.29, 0.717) is 18.0 Å². The summed E-state index contributed by atoms with van der Waals surface area (Å²) in [4.78, 5) is 12.1. The summed E-state index contributed by atoms with van der Waals surface area (Å²) in [6.45, 7) is 0. The Balaban J connectivity index is 1.90. The Kier molecular flexibility index (Phi) is 4.81. The zero-order chi connectivity index (χ0) is 14.6. The van der Waals surface area contributed by atoms with Crippen LogP contribution in [0.25, 0.3) is 0 Å². The zero-order valence-electron chi connectivity index (χ0n) is 11.8. The normalized spacial score (nSPS) is 16.2. The van der Waals surface area contributed by atoms with Crippen LogP contribution in [0.4, 0.5) is 5.69 Å². The molecule has 0 spiro atoms. The lowest BCUT2D eigenvalue weighted by atomic mass is 10.0. The summed E-state index contributed by atoms with van der Waals surface area (Å²) >= 11 is 0. The van der Waals surface area contributed by atoms with Gasteiger partial charge in [0.05, 0.1) is 4.90 Å². The van der Waals surface area contributed by atoms with Gasteiger partial charge < -0.3 is 5.32 Å². The van der Waals surface area contributed by atoms with E-state index in [1.165, 1.54) is 37.8 Å². The molecule has 1 saturated carbocycles. The van der Waals surface area contributed by atoms with Crippen molar-refractivity contribution >= 4 is 21.4 Å². The molecule has 2 rings (SSSR count). The van der Waals surface area contributed by atoms with Crippen molar-refractivity contribution in [3.8, 4) is 0 Å². The van der Waals surface area contributed by atoms with Crippen LogP contribution in [0.3, 0.4) is 0 Å². The summed E-state index contributed by atoms with van der Waals surface area (Å²) in [6.07, 6.45) is 7.62. The van der Waals surface area contributed by atoms with E-state index in [4.69, 9.17) is 0 Å². The van der Waals surface area contributed by atoms with Crippen LogP contribution in [-0.2, 0) is 14.6 Å². The molecule has 1 aromatic rings. The molecular weight excluding hydrogens is 274 g/mol. The average molecular weight is 295 g/mol. The molecule has 1 aromatic carbocycles. The van der Waals surface area contributed by atoms with Crippen molar-refractivity contribution in [1.82, 2.24) is 0 Å². The zero-order valence-corrected chi connectivity index (χ0v) is 12.6. The topological polar surface area (TPSA) is 63.2 Å². The van der Waals surface area contributed by atoms with E-state index in [9.17, 15) is 13.2 Å². The van der Waals surface area contributed by atoms with E-state index in [1.54, 1.807) is 12.1 Å². The minimum Gasteiger partial charge on any atom is -0.326 e. The van der Waals surface area contributed by atoms with Gasteiger partial charge in [0.15, 0.2) is 9.84 Å². The first-order valence-electron chi connectivity index (χ1n) is 7.05. The van der Waals surface area contributed by atoms with Gasteiger partial charge in [0.1, 0.15) is 0 Å². The Morgan fingerprint density at radius 3 is 2.65 bits per heavy atom. The number of carbonyl (C=O) groups is 1. The van der Waals surface area contributed by atoms with Crippen LogP contribution in [0.5, 0.6) is 0 Å². The number of anilines is 1. The van der Waals surface area contributed by atoms with Gasteiger partial charge in [0, 0.05) is 18.4 Å². The molecule has 1 fully saturated rings. The van der Waals surface area contributed by atoms with E-state index >= 15 is 0 Å². The summed E-state index contributed by atoms with van der Waals surface area (Å²) in [6, 6.07) is 6.39. The molecular formula is C15H21NO3S. The van der Waals surface area contributed by atoms with Gasteiger partial charge in [-0.2, -0.15) is 0 Å². The molecule has 1 aliphatic rings. The Bertz CT molecular complexity index is 575. The highest BCUT2D eigenvalue weighted by molar-refractivity contribution is 7.90. The fraction of sp³-hybridized carbons (Fsp3) is 0.533. The maximum atomic E-state index is 11.9. The first-order valence-corrected chi connectivity index (χ1v) is 8.94. The van der Waals surface area contributed by atoms with Crippen molar-refractivity contribution in [3.63, 3.8) is 0 Å². The van der Waals surface area contributed by atoms with Gasteiger partial charge >= 0.3 is 0 Å². The van der Waals surface area contributed by atoms with Crippen LogP contribution < -0.4 is 5.32 Å². The number of hydrogen-bond donors (Lipinski definition) is 1. The molecule has 4 nitrogen and oxygen atoms in total. The largest absolute Gasteiger partial charge is 0.326 e. The van der Waals surface area contributed by atoms with E-state index in [2.05, 4.69) is 5.32 Å². The third-order valence-electron chi connectivity index (χ3n) is 3.80. The molecule has 0 aliphatic heterocycles. The maximum absolute atomic E-state index is 11.9. The highest BCUT2D eigenvalue weighted by Crippen LogP contribution is 2.28. The van der Waals surface area contributed by atoms with Crippen molar-refractivity contribution in [2.24, 2.45) is 5.92 Å². The quantitative estimate of drug-likeness (QED) is 0.908. The van der Waals surface area contributed by atoms with Crippen molar-refractivity contribution in [1.29, 1.82) is 0 Å². The standard InChI is InChI=1S/C15H21NO3S/c1-20(18,19)14-8-4-7-13(11-14)16-15(17)10-9-12-5-2-3-6-12/h4,7-8,11-12H,2-3,5-6,9-10H2,1H3,(H,16,17). The number of rotatable bonds is 5. The molecule has 0 heterocycles. The first kappa shape index (κ1) is 15.0. The SMILES string of the molecule is CS(=O)(=O)c1cccc(NC(=O)CCC2CCCC2)c1. The minimum atomic E-state index is -3.24. The molecule has 0 bridgehead atoms. The number of hydrogen-bond acceptors (Lipinski definition) is 3. The first-order chi connectivity index (χ1) is 9.45. The molecule has 1 aliphatic carbocycles. The molecule has 110 valence electrons. The third kappa shape index (κ3) is 4.34. The lowest BCUT2D eigenvalue weighted by Crippen LogP contribution is -2.13. The predicted molar refractivity (Wildman–Crippen MR) is 79.4 cm³/mol. The predicted octanol–water partition coefficient (Wildman–Crippen LogP) is 3.00. The van der Waals surface area contributed by atoms with Gasteiger partial charge in [-0.05, 0) is 30.5 Å². The van der Waals surface area contributed by atoms with Gasteiger partial charge in [0.2, 0.25) is 5.91 Å². The lowest BCUT2D eigenvalue weighted by Gasteiger charge is -2.09. The Morgan fingerprint density at radius 1 is 1.30 bits per heavy atom. The summed E-state index contributed by atoms with van der Waals surface area (Å²) < 4.78 is 22.9. The molecule has 1 N–H and O–H groups in total. The lowest BCUT2D eigenvalue weighted by molar-refractivity contribution is -0.116. The minimum absolute atomic E-state index is 0.0393. The molecule has 20 heavy (non-hydrogen) atoms. The Labute approximate surface area is 120 Å². The smallest absolute Gasteiger partial charge is 0.224 e. The summed E-state index contributed by atoms with van der Waals surface area (Å²) in [5.74, 6) is 0.644. The highest BCUT2D eigenvalue weighted by Gasteiger charge is 2.16. The fourth-order valence-electron chi connectivity index (χ4n) is 2.66. The highest BCUT2D eigenvalue weighted by atomic mass is 32.2. The van der Waals surface area contributed by atoms with Gasteiger partial charge in [-0.25, -0.2) is 8.42 Å². The van der Waals surface area contributed by atoms with E-state index in [-0.39, 0.29) is 10.8 Å². The number of carbonyl (C=O) groups excluding carboxylic acids is 1. The van der Waals surface area contributed by atoms with E-state index < -0.39 is 9.84 Å². The monoisotopic (exact) mass is 295 g/mol. The second-order valence-electron chi connectivity index (χ2n) is 5.54. The van der Waals surface area contributed by atoms with Gasteiger partial charge in [-0.15, -0.1) is 0 Å².